The zero-order valence-electron chi connectivity index (χ0n) is 18.3. The number of nitrogens with one attached hydrogen (secondary N) is 1. The van der Waals surface area contributed by atoms with Gasteiger partial charge in [-0.25, -0.2) is 8.42 Å². The fourth-order valence-electron chi connectivity index (χ4n) is 3.43. The maximum Gasteiger partial charge on any atom is 0.244 e. The lowest BCUT2D eigenvalue weighted by Crippen LogP contribution is -2.40. The van der Waals surface area contributed by atoms with Crippen molar-refractivity contribution in [3.8, 4) is 11.4 Å². The van der Waals surface area contributed by atoms with Crippen LogP contribution in [0, 0.1) is 0 Å². The van der Waals surface area contributed by atoms with Gasteiger partial charge in [0.25, 0.3) is 0 Å². The van der Waals surface area contributed by atoms with Crippen LogP contribution in [0.5, 0.6) is 0 Å². The first-order valence-electron chi connectivity index (χ1n) is 10.5. The van der Waals surface area contributed by atoms with E-state index in [4.69, 9.17) is 16.3 Å². The number of hydrogen-bond acceptors (Lipinski definition) is 8. The number of aromatic nitrogens is 4. The van der Waals surface area contributed by atoms with Crippen LogP contribution in [0.2, 0.25) is 5.02 Å². The van der Waals surface area contributed by atoms with Gasteiger partial charge in [-0.3, -0.25) is 9.78 Å². The van der Waals surface area contributed by atoms with E-state index in [1.807, 2.05) is 23.6 Å². The van der Waals surface area contributed by atoms with Gasteiger partial charge in [0.2, 0.25) is 15.9 Å². The van der Waals surface area contributed by atoms with Crippen molar-refractivity contribution in [1.82, 2.24) is 24.1 Å². The molecule has 0 unspecified atom stereocenters. The van der Waals surface area contributed by atoms with E-state index >= 15 is 0 Å². The summed E-state index contributed by atoms with van der Waals surface area (Å²) < 4.78 is 34.5. The van der Waals surface area contributed by atoms with Crippen LogP contribution in [0.3, 0.4) is 0 Å². The molecule has 0 radical (unpaired) electrons. The molecular weight excluding hydrogens is 500 g/mol. The summed E-state index contributed by atoms with van der Waals surface area (Å²) in [5.74, 6) is 0.462. The molecule has 3 heterocycles. The average molecular weight is 523 g/mol. The summed E-state index contributed by atoms with van der Waals surface area (Å²) >= 11 is 7.43. The first-order chi connectivity index (χ1) is 16.4. The molecule has 34 heavy (non-hydrogen) atoms. The number of sulfonamides is 1. The summed E-state index contributed by atoms with van der Waals surface area (Å²) in [5, 5.41) is 11.9. The molecule has 0 atom stereocenters. The highest BCUT2D eigenvalue weighted by Crippen LogP contribution is 2.29. The van der Waals surface area contributed by atoms with E-state index < -0.39 is 10.0 Å². The van der Waals surface area contributed by atoms with Crippen LogP contribution < -0.4 is 5.32 Å². The van der Waals surface area contributed by atoms with E-state index in [0.717, 1.165) is 5.56 Å². The van der Waals surface area contributed by atoms with Crippen LogP contribution in [0.25, 0.3) is 11.4 Å². The van der Waals surface area contributed by atoms with E-state index in [0.29, 0.717) is 36.4 Å². The summed E-state index contributed by atoms with van der Waals surface area (Å²) in [6.07, 6.45) is 3.37. The lowest BCUT2D eigenvalue weighted by molar-refractivity contribution is -0.113. The standard InChI is InChI=1S/C21H23ClN6O4S2/c1-2-28-20(15-5-7-23-8-6-15)25-26-21(28)33-14-19(29)24-16-3-4-17(22)18(13-16)34(30,31)27-9-11-32-12-10-27/h3-8,13H,2,9-12,14H2,1H3,(H,24,29). The van der Waals surface area contributed by atoms with Crippen molar-refractivity contribution in [2.75, 3.05) is 37.4 Å². The van der Waals surface area contributed by atoms with Crippen molar-refractivity contribution in [3.05, 3.63) is 47.7 Å². The third-order valence-electron chi connectivity index (χ3n) is 5.11. The number of pyridine rings is 1. The van der Waals surface area contributed by atoms with Crippen LogP contribution >= 0.6 is 23.4 Å². The minimum absolute atomic E-state index is 0.0470. The van der Waals surface area contributed by atoms with E-state index in [9.17, 15) is 13.2 Å². The molecule has 1 aromatic carbocycles. The van der Waals surface area contributed by atoms with Crippen LogP contribution in [-0.2, 0) is 26.1 Å². The van der Waals surface area contributed by atoms with Gasteiger partial charge in [0.15, 0.2) is 11.0 Å². The van der Waals surface area contributed by atoms with Gasteiger partial charge in [-0.15, -0.1) is 10.2 Å². The molecule has 0 aliphatic carbocycles. The molecule has 4 rings (SSSR count). The van der Waals surface area contributed by atoms with E-state index in [2.05, 4.69) is 20.5 Å². The Morgan fingerprint density at radius 2 is 1.91 bits per heavy atom. The SMILES string of the molecule is CCn1c(SCC(=O)Nc2ccc(Cl)c(S(=O)(=O)N3CCOCC3)c2)nnc1-c1ccncc1. The zero-order chi connectivity index (χ0) is 24.1. The molecule has 0 spiro atoms. The van der Waals surface area contributed by atoms with Gasteiger partial charge in [0.05, 0.1) is 24.0 Å². The summed E-state index contributed by atoms with van der Waals surface area (Å²) in [5.41, 5.74) is 1.23. The summed E-state index contributed by atoms with van der Waals surface area (Å²) in [6.45, 7) is 3.78. The molecule has 1 aliphatic rings. The van der Waals surface area contributed by atoms with Gasteiger partial charge in [-0.2, -0.15) is 4.31 Å². The molecule has 1 aliphatic heterocycles. The molecule has 2 aromatic heterocycles. The van der Waals surface area contributed by atoms with E-state index in [1.165, 1.54) is 28.2 Å². The molecule has 0 bridgehead atoms. The van der Waals surface area contributed by atoms with Crippen LogP contribution in [0.1, 0.15) is 6.92 Å². The summed E-state index contributed by atoms with van der Waals surface area (Å²) in [7, 11) is -3.80. The van der Waals surface area contributed by atoms with Gasteiger partial charge in [0.1, 0.15) is 4.90 Å². The largest absolute Gasteiger partial charge is 0.379 e. The second kappa shape index (κ2) is 10.8. The Labute approximate surface area is 206 Å². The van der Waals surface area contributed by atoms with Crippen LogP contribution in [0.4, 0.5) is 5.69 Å². The van der Waals surface area contributed by atoms with Crippen molar-refractivity contribution in [2.45, 2.75) is 23.5 Å². The molecule has 10 nitrogen and oxygen atoms in total. The third-order valence-corrected chi connectivity index (χ3v) is 8.45. The minimum Gasteiger partial charge on any atom is -0.379 e. The number of rotatable bonds is 8. The predicted octanol–water partition coefficient (Wildman–Crippen LogP) is 2.77. The highest BCUT2D eigenvalue weighted by Gasteiger charge is 2.28. The highest BCUT2D eigenvalue weighted by atomic mass is 35.5. The second-order valence-electron chi connectivity index (χ2n) is 7.28. The number of hydrogen-bond donors (Lipinski definition) is 1. The number of carbonyl (C=O) groups excluding carboxylic acids is 1. The monoisotopic (exact) mass is 522 g/mol. The molecular formula is C21H23ClN6O4S2. The van der Waals surface area contributed by atoms with Gasteiger partial charge >= 0.3 is 0 Å². The molecule has 0 saturated carbocycles. The zero-order valence-corrected chi connectivity index (χ0v) is 20.7. The summed E-state index contributed by atoms with van der Waals surface area (Å²) in [6, 6.07) is 8.11. The summed E-state index contributed by atoms with van der Waals surface area (Å²) in [4.78, 5) is 16.6. The van der Waals surface area contributed by atoms with Crippen LogP contribution in [0.15, 0.2) is 52.8 Å². The van der Waals surface area contributed by atoms with Gasteiger partial charge in [-0.05, 0) is 37.3 Å². The Morgan fingerprint density at radius 3 is 2.62 bits per heavy atom. The molecule has 1 fully saturated rings. The topological polar surface area (TPSA) is 119 Å². The number of carbonyl (C=O) groups is 1. The van der Waals surface area contributed by atoms with E-state index in [1.54, 1.807) is 18.5 Å². The number of ether oxygens (including phenoxy) is 1. The van der Waals surface area contributed by atoms with E-state index in [-0.39, 0.29) is 34.7 Å². The highest BCUT2D eigenvalue weighted by molar-refractivity contribution is 7.99. The van der Waals surface area contributed by atoms with Crippen molar-refractivity contribution in [3.63, 3.8) is 0 Å². The number of morpholine rings is 1. The Kier molecular flexibility index (Phi) is 7.84. The fraction of sp³-hybridized carbons (Fsp3) is 0.333. The Hall–Kier alpha value is -2.51. The second-order valence-corrected chi connectivity index (χ2v) is 10.5. The normalized spacial score (nSPS) is 14.8. The Morgan fingerprint density at radius 1 is 1.18 bits per heavy atom. The number of nitrogens with zero attached hydrogens (tertiary/aromatic N) is 5. The number of amides is 1. The Balaban J connectivity index is 1.44. The maximum atomic E-state index is 13.0. The van der Waals surface area contributed by atoms with Crippen molar-refractivity contribution < 1.29 is 17.9 Å². The number of anilines is 1. The lowest BCUT2D eigenvalue weighted by atomic mass is 10.2. The number of thioether (sulfide) groups is 1. The smallest absolute Gasteiger partial charge is 0.244 e. The molecule has 1 amide bonds. The van der Waals surface area contributed by atoms with Crippen molar-refractivity contribution >= 4 is 45.0 Å². The number of benzene rings is 1. The fourth-order valence-corrected chi connectivity index (χ4v) is 6.14. The van der Waals surface area contributed by atoms with Crippen molar-refractivity contribution in [2.24, 2.45) is 0 Å². The van der Waals surface area contributed by atoms with Gasteiger partial charge in [0, 0.05) is 43.3 Å². The average Bonchev–Trinajstić information content (AvgIpc) is 3.28. The molecule has 13 heteroatoms. The van der Waals surface area contributed by atoms with Crippen LogP contribution in [-0.4, -0.2) is 70.4 Å². The quantitative estimate of drug-likeness (QED) is 0.448. The number of halogens is 1. The molecule has 1 saturated heterocycles. The van der Waals surface area contributed by atoms with Gasteiger partial charge in [-0.1, -0.05) is 23.4 Å². The first-order valence-corrected chi connectivity index (χ1v) is 13.3. The first kappa shape index (κ1) is 24.6. The minimum atomic E-state index is -3.80. The Bertz CT molecular complexity index is 1260. The molecule has 180 valence electrons. The van der Waals surface area contributed by atoms with Gasteiger partial charge < -0.3 is 14.6 Å². The van der Waals surface area contributed by atoms with Crippen molar-refractivity contribution in [1.29, 1.82) is 0 Å². The molecule has 1 N–H and O–H groups in total. The molecule has 3 aromatic rings. The lowest BCUT2D eigenvalue weighted by Gasteiger charge is -2.26. The third kappa shape index (κ3) is 5.41. The maximum absolute atomic E-state index is 13.0. The predicted molar refractivity (Wildman–Crippen MR) is 129 cm³/mol.